The minimum Gasteiger partial charge on any atom is -0.354 e. The molecule has 1 amide bonds. The Bertz CT molecular complexity index is 1190. The lowest BCUT2D eigenvalue weighted by atomic mass is 10.1. The summed E-state index contributed by atoms with van der Waals surface area (Å²) in [4.78, 5) is 28.1. The molecule has 204 valence electrons. The minimum absolute atomic E-state index is 0. The summed E-state index contributed by atoms with van der Waals surface area (Å²) in [5, 5.41) is 7.53. The molecule has 0 bridgehead atoms. The molecule has 1 atom stereocenters. The Labute approximate surface area is 242 Å². The number of hydrogen-bond acceptors (Lipinski definition) is 7. The number of fused-ring (bicyclic) bond motifs is 1. The third kappa shape index (κ3) is 7.68. The lowest BCUT2D eigenvalue weighted by Crippen LogP contribution is -2.50. The van der Waals surface area contributed by atoms with Crippen molar-refractivity contribution in [2.75, 3.05) is 45.1 Å². The average molecular weight is 588 g/mol. The highest BCUT2D eigenvalue weighted by Gasteiger charge is 2.25. The average Bonchev–Trinajstić information content (AvgIpc) is 3.52. The van der Waals surface area contributed by atoms with Gasteiger partial charge in [-0.2, -0.15) is 0 Å². The highest BCUT2D eigenvalue weighted by Crippen LogP contribution is 2.36. The van der Waals surface area contributed by atoms with Crippen LogP contribution in [0.25, 0.3) is 20.7 Å². The highest BCUT2D eigenvalue weighted by molar-refractivity contribution is 7.22. The molecule has 2 N–H and O–H groups in total. The van der Waals surface area contributed by atoms with Crippen LogP contribution in [0.5, 0.6) is 0 Å². The second-order valence-electron chi connectivity index (χ2n) is 9.73. The largest absolute Gasteiger partial charge is 0.354 e. The van der Waals surface area contributed by atoms with Gasteiger partial charge in [-0.3, -0.25) is 9.69 Å². The van der Waals surface area contributed by atoms with Gasteiger partial charge >= 0.3 is 0 Å². The Morgan fingerprint density at radius 3 is 2.70 bits per heavy atom. The zero-order valence-electron chi connectivity index (χ0n) is 21.5. The third-order valence-corrected chi connectivity index (χ3v) is 7.90. The maximum atomic E-state index is 12.7. The molecule has 1 aromatic carbocycles. The van der Waals surface area contributed by atoms with E-state index < -0.39 is 0 Å². The van der Waals surface area contributed by atoms with Crippen LogP contribution >= 0.6 is 48.6 Å². The van der Waals surface area contributed by atoms with Gasteiger partial charge in [0, 0.05) is 66.7 Å². The summed E-state index contributed by atoms with van der Waals surface area (Å²) in [5.74, 6) is 0.685. The van der Waals surface area contributed by atoms with Crippen LogP contribution in [0.1, 0.15) is 42.1 Å². The number of halogens is 3. The number of aromatic nitrogens is 2. The van der Waals surface area contributed by atoms with Crippen molar-refractivity contribution in [3.05, 3.63) is 41.6 Å². The first-order chi connectivity index (χ1) is 16.5. The Morgan fingerprint density at radius 2 is 1.97 bits per heavy atom. The molecule has 2 aromatic heterocycles. The van der Waals surface area contributed by atoms with Gasteiger partial charge < -0.3 is 15.5 Å². The van der Waals surface area contributed by atoms with Gasteiger partial charge in [-0.1, -0.05) is 6.07 Å². The van der Waals surface area contributed by atoms with Gasteiger partial charge in [0.1, 0.15) is 0 Å². The summed E-state index contributed by atoms with van der Waals surface area (Å²) < 4.78 is 1.10. The monoisotopic (exact) mass is 586 g/mol. The van der Waals surface area contributed by atoms with Crippen molar-refractivity contribution in [1.29, 1.82) is 0 Å². The molecule has 0 radical (unpaired) electrons. The van der Waals surface area contributed by atoms with Gasteiger partial charge in [0.25, 0.3) is 5.91 Å². The van der Waals surface area contributed by atoms with E-state index in [1.807, 2.05) is 25.3 Å². The van der Waals surface area contributed by atoms with Crippen LogP contribution in [0.4, 0.5) is 5.95 Å². The summed E-state index contributed by atoms with van der Waals surface area (Å²) >= 11 is 1.68. The molecule has 1 saturated carbocycles. The normalized spacial score (nSPS) is 17.9. The van der Waals surface area contributed by atoms with E-state index in [9.17, 15) is 4.79 Å². The molecular formula is C26H37Cl3N6OS. The second-order valence-corrected chi connectivity index (χ2v) is 10.8. The van der Waals surface area contributed by atoms with Crippen molar-refractivity contribution in [3.63, 3.8) is 0 Å². The number of nitrogens with one attached hydrogen (secondary N) is 2. The maximum Gasteiger partial charge on any atom is 0.252 e. The molecule has 1 aliphatic carbocycles. The molecule has 0 spiro atoms. The fraction of sp³-hybridized carbons (Fsp3) is 0.500. The van der Waals surface area contributed by atoms with E-state index in [2.05, 4.69) is 51.5 Å². The number of carbonyl (C=O) groups excluding carboxylic acids is 1. The number of likely N-dealkylation sites (N-methyl/N-ethyl adjacent to an activating group) is 1. The predicted molar refractivity (Wildman–Crippen MR) is 161 cm³/mol. The summed E-state index contributed by atoms with van der Waals surface area (Å²) in [6.45, 7) is 9.69. The fourth-order valence-corrected chi connectivity index (χ4v) is 5.78. The number of thiophene rings is 1. The Balaban J connectivity index is 0.00000160. The zero-order valence-corrected chi connectivity index (χ0v) is 24.8. The van der Waals surface area contributed by atoms with Gasteiger partial charge in [-0.15, -0.1) is 48.6 Å². The Kier molecular flexibility index (Phi) is 11.9. The van der Waals surface area contributed by atoms with E-state index in [1.165, 1.54) is 0 Å². The van der Waals surface area contributed by atoms with Gasteiger partial charge in [-0.25, -0.2) is 9.97 Å². The summed E-state index contributed by atoms with van der Waals surface area (Å²) in [6.07, 6.45) is 5.11. The van der Waals surface area contributed by atoms with E-state index in [4.69, 9.17) is 4.98 Å². The van der Waals surface area contributed by atoms with Crippen LogP contribution in [0, 0.1) is 6.92 Å². The lowest BCUT2D eigenvalue weighted by Gasteiger charge is -2.38. The fourth-order valence-electron chi connectivity index (χ4n) is 4.63. The topological polar surface area (TPSA) is 73.4 Å². The number of benzene rings is 1. The zero-order chi connectivity index (χ0) is 23.7. The van der Waals surface area contributed by atoms with Gasteiger partial charge in [-0.05, 0) is 63.9 Å². The molecule has 1 aliphatic heterocycles. The van der Waals surface area contributed by atoms with E-state index in [0.717, 1.165) is 83.8 Å². The molecule has 3 heterocycles. The van der Waals surface area contributed by atoms with Crippen LogP contribution in [-0.4, -0.2) is 77.5 Å². The predicted octanol–water partition coefficient (Wildman–Crippen LogP) is 5.26. The third-order valence-electron chi connectivity index (χ3n) is 6.80. The first kappa shape index (κ1) is 31.5. The highest BCUT2D eigenvalue weighted by atomic mass is 35.5. The van der Waals surface area contributed by atoms with Crippen molar-refractivity contribution >= 4 is 70.5 Å². The molecule has 2 fully saturated rings. The standard InChI is InChI=1S/C26H34N6OS.3ClH/c1-17-15-28-26(27-10-5-11-32-13-12-31(3)16-18(32)2)30-24(17)23-14-21-20(6-4-7-22(21)34-23)25(33)29-19-8-9-19;;;/h4,6-7,14-15,18-19H,5,8-13,16H2,1-3H3,(H,29,33)(H,27,28,30);3*1H/t18-;;;/m0.../s1. The molecule has 37 heavy (non-hydrogen) atoms. The molecule has 7 nitrogen and oxygen atoms in total. The maximum absolute atomic E-state index is 12.7. The van der Waals surface area contributed by atoms with Crippen molar-refractivity contribution in [3.8, 4) is 10.6 Å². The smallest absolute Gasteiger partial charge is 0.252 e. The summed E-state index contributed by atoms with van der Waals surface area (Å²) in [5.41, 5.74) is 2.71. The van der Waals surface area contributed by atoms with Crippen LogP contribution in [-0.2, 0) is 0 Å². The van der Waals surface area contributed by atoms with Gasteiger partial charge in [0.15, 0.2) is 0 Å². The van der Waals surface area contributed by atoms with Gasteiger partial charge in [0.05, 0.1) is 10.6 Å². The van der Waals surface area contributed by atoms with E-state index in [-0.39, 0.29) is 43.1 Å². The number of amides is 1. The van der Waals surface area contributed by atoms with Crippen LogP contribution in [0.15, 0.2) is 30.5 Å². The number of nitrogens with zero attached hydrogens (tertiary/aromatic N) is 4. The number of carbonyl (C=O) groups is 1. The SMILES string of the molecule is Cc1cnc(NCCCN2CCN(C)C[C@@H]2C)nc1-c1cc2c(C(=O)NC3CC3)cccc2s1.Cl.Cl.Cl. The summed E-state index contributed by atoms with van der Waals surface area (Å²) in [6, 6.07) is 9.01. The van der Waals surface area contributed by atoms with E-state index in [0.29, 0.717) is 18.0 Å². The number of aryl methyl sites for hydroxylation is 1. The molecule has 0 unspecified atom stereocenters. The molecule has 5 rings (SSSR count). The van der Waals surface area contributed by atoms with E-state index in [1.54, 1.807) is 11.3 Å². The first-order valence-corrected chi connectivity index (χ1v) is 13.1. The molecule has 2 aliphatic rings. The van der Waals surface area contributed by atoms with Crippen LogP contribution in [0.2, 0.25) is 0 Å². The quantitative estimate of drug-likeness (QED) is 0.350. The number of hydrogen-bond donors (Lipinski definition) is 2. The van der Waals surface area contributed by atoms with Crippen molar-refractivity contribution < 1.29 is 4.79 Å². The molecule has 11 heteroatoms. The number of rotatable bonds is 8. The Morgan fingerprint density at radius 1 is 1.19 bits per heavy atom. The number of anilines is 1. The van der Waals surface area contributed by atoms with Crippen molar-refractivity contribution in [2.24, 2.45) is 0 Å². The Hall–Kier alpha value is -1.68. The van der Waals surface area contributed by atoms with E-state index >= 15 is 0 Å². The molecule has 1 saturated heterocycles. The van der Waals surface area contributed by atoms with Crippen molar-refractivity contribution in [1.82, 2.24) is 25.1 Å². The summed E-state index contributed by atoms with van der Waals surface area (Å²) in [7, 11) is 2.20. The first-order valence-electron chi connectivity index (χ1n) is 12.3. The van der Waals surface area contributed by atoms with Crippen LogP contribution in [0.3, 0.4) is 0 Å². The molecular weight excluding hydrogens is 551 g/mol. The number of piperazine rings is 1. The minimum atomic E-state index is 0. The van der Waals surface area contributed by atoms with Crippen LogP contribution < -0.4 is 10.6 Å². The second kappa shape index (κ2) is 13.9. The molecule has 3 aromatic rings. The van der Waals surface area contributed by atoms with Crippen molar-refractivity contribution in [2.45, 2.75) is 45.2 Å². The lowest BCUT2D eigenvalue weighted by molar-refractivity contribution is 0.0952. The van der Waals surface area contributed by atoms with Gasteiger partial charge in [0.2, 0.25) is 5.95 Å².